The lowest BCUT2D eigenvalue weighted by Crippen LogP contribution is -2.30. The van der Waals surface area contributed by atoms with Crippen molar-refractivity contribution in [1.82, 2.24) is 4.31 Å². The Hall–Kier alpha value is -2.00. The highest BCUT2D eigenvalue weighted by Crippen LogP contribution is 2.22. The first-order chi connectivity index (χ1) is 13.6. The fraction of sp³-hybridized carbons (Fsp3) is 0.263. The van der Waals surface area contributed by atoms with Crippen LogP contribution in [-0.2, 0) is 14.8 Å². The second-order valence-corrected chi connectivity index (χ2v) is 8.64. The van der Waals surface area contributed by atoms with Crippen molar-refractivity contribution >= 4 is 45.0 Å². The molecule has 0 aliphatic heterocycles. The van der Waals surface area contributed by atoms with Gasteiger partial charge in [-0.2, -0.15) is 4.31 Å². The molecule has 0 spiro atoms. The zero-order valence-electron chi connectivity index (χ0n) is 15.6. The summed E-state index contributed by atoms with van der Waals surface area (Å²) < 4.78 is 45.3. The van der Waals surface area contributed by atoms with Crippen LogP contribution in [0.3, 0.4) is 0 Å². The van der Waals surface area contributed by atoms with Gasteiger partial charge in [0.2, 0.25) is 15.8 Å². The fourth-order valence-electron chi connectivity index (χ4n) is 2.54. The molecule has 29 heavy (non-hydrogen) atoms. The van der Waals surface area contributed by atoms with Crippen LogP contribution in [0.1, 0.15) is 34.6 Å². The predicted molar refractivity (Wildman–Crippen MR) is 108 cm³/mol. The van der Waals surface area contributed by atoms with E-state index in [0.717, 1.165) is 18.2 Å². The summed E-state index contributed by atoms with van der Waals surface area (Å²) in [6, 6.07) is 7.01. The SMILES string of the molecule is CCN(CC)S(=O)(=O)c1ccc(F)c(C(=O)OCC(=O)c2ccc(Cl)cc2Cl)c1. The lowest BCUT2D eigenvalue weighted by atomic mass is 10.1. The summed E-state index contributed by atoms with van der Waals surface area (Å²) in [7, 11) is -3.90. The number of Topliss-reactive ketones (excluding diaryl/α,β-unsaturated/α-hetero) is 1. The number of hydrogen-bond acceptors (Lipinski definition) is 5. The molecule has 6 nitrogen and oxygen atoms in total. The van der Waals surface area contributed by atoms with Crippen molar-refractivity contribution in [2.24, 2.45) is 0 Å². The van der Waals surface area contributed by atoms with Crippen LogP contribution in [0.5, 0.6) is 0 Å². The second-order valence-electron chi connectivity index (χ2n) is 5.85. The summed E-state index contributed by atoms with van der Waals surface area (Å²) >= 11 is 11.7. The highest BCUT2D eigenvalue weighted by atomic mass is 35.5. The molecule has 0 bridgehead atoms. The lowest BCUT2D eigenvalue weighted by molar-refractivity contribution is 0.0470. The molecular weight excluding hydrogens is 444 g/mol. The largest absolute Gasteiger partial charge is 0.454 e. The van der Waals surface area contributed by atoms with Gasteiger partial charge in [0, 0.05) is 23.7 Å². The molecule has 2 aromatic rings. The van der Waals surface area contributed by atoms with Crippen LogP contribution in [-0.4, -0.2) is 44.2 Å². The molecule has 0 heterocycles. The van der Waals surface area contributed by atoms with E-state index in [0.29, 0.717) is 5.02 Å². The summed E-state index contributed by atoms with van der Waals surface area (Å²) in [4.78, 5) is 24.2. The minimum absolute atomic E-state index is 0.0806. The number of halogens is 3. The Bertz CT molecular complexity index is 1040. The van der Waals surface area contributed by atoms with Gasteiger partial charge < -0.3 is 4.74 Å². The number of sulfonamides is 1. The molecule has 0 aliphatic carbocycles. The van der Waals surface area contributed by atoms with E-state index < -0.39 is 39.8 Å². The van der Waals surface area contributed by atoms with Gasteiger partial charge in [0.05, 0.1) is 15.5 Å². The summed E-state index contributed by atoms with van der Waals surface area (Å²) in [6.07, 6.45) is 0. The topological polar surface area (TPSA) is 80.8 Å². The Labute approximate surface area is 178 Å². The van der Waals surface area contributed by atoms with Crippen LogP contribution >= 0.6 is 23.2 Å². The Morgan fingerprint density at radius 3 is 2.28 bits per heavy atom. The highest BCUT2D eigenvalue weighted by Gasteiger charge is 2.25. The maximum absolute atomic E-state index is 14.1. The van der Waals surface area contributed by atoms with Crippen LogP contribution < -0.4 is 0 Å². The second kappa shape index (κ2) is 9.67. The lowest BCUT2D eigenvalue weighted by Gasteiger charge is -2.18. The third-order valence-electron chi connectivity index (χ3n) is 4.07. The standard InChI is InChI=1S/C19H18Cl2FNO5S/c1-3-23(4-2)29(26,27)13-6-8-17(22)15(10-13)19(25)28-11-18(24)14-7-5-12(20)9-16(14)21/h5-10H,3-4,11H2,1-2H3. The summed E-state index contributed by atoms with van der Waals surface area (Å²) in [5, 5.41) is 0.411. The smallest absolute Gasteiger partial charge is 0.341 e. The molecule has 0 aromatic heterocycles. The molecular formula is C19H18Cl2FNO5S. The van der Waals surface area contributed by atoms with Gasteiger partial charge >= 0.3 is 5.97 Å². The fourth-order valence-corrected chi connectivity index (χ4v) is 4.53. The molecule has 0 aliphatic rings. The number of carbonyl (C=O) groups excluding carboxylic acids is 2. The Morgan fingerprint density at radius 1 is 1.03 bits per heavy atom. The molecule has 0 saturated heterocycles. The molecule has 0 saturated carbocycles. The Kier molecular flexibility index (Phi) is 7.76. The van der Waals surface area contributed by atoms with Gasteiger partial charge in [0.25, 0.3) is 0 Å². The number of hydrogen-bond donors (Lipinski definition) is 0. The van der Waals surface area contributed by atoms with Gasteiger partial charge in [-0.05, 0) is 36.4 Å². The van der Waals surface area contributed by atoms with Crippen LogP contribution in [0.15, 0.2) is 41.3 Å². The van der Waals surface area contributed by atoms with Gasteiger partial charge in [-0.3, -0.25) is 4.79 Å². The van der Waals surface area contributed by atoms with E-state index >= 15 is 0 Å². The molecule has 0 unspecified atom stereocenters. The number of benzene rings is 2. The highest BCUT2D eigenvalue weighted by molar-refractivity contribution is 7.89. The van der Waals surface area contributed by atoms with Crippen molar-refractivity contribution < 1.29 is 27.1 Å². The Balaban J connectivity index is 2.22. The van der Waals surface area contributed by atoms with Gasteiger partial charge in [-0.1, -0.05) is 37.0 Å². The zero-order chi connectivity index (χ0) is 21.8. The third kappa shape index (κ3) is 5.33. The molecule has 2 rings (SSSR count). The zero-order valence-corrected chi connectivity index (χ0v) is 17.9. The molecule has 0 amide bonds. The van der Waals surface area contributed by atoms with Gasteiger partial charge in [0.1, 0.15) is 5.82 Å². The monoisotopic (exact) mass is 461 g/mol. The first-order valence-electron chi connectivity index (χ1n) is 8.56. The number of esters is 1. The van der Waals surface area contributed by atoms with E-state index in [1.165, 1.54) is 22.5 Å². The van der Waals surface area contributed by atoms with E-state index in [1.807, 2.05) is 0 Å². The van der Waals surface area contributed by atoms with Crippen molar-refractivity contribution in [1.29, 1.82) is 0 Å². The summed E-state index contributed by atoms with van der Waals surface area (Å²) in [6.45, 7) is 3.05. The molecule has 0 atom stereocenters. The van der Waals surface area contributed by atoms with E-state index in [4.69, 9.17) is 27.9 Å². The van der Waals surface area contributed by atoms with Crippen LogP contribution in [0.2, 0.25) is 10.0 Å². The average Bonchev–Trinajstić information content (AvgIpc) is 2.66. The van der Waals surface area contributed by atoms with Crippen LogP contribution in [0, 0.1) is 5.82 Å². The van der Waals surface area contributed by atoms with E-state index in [-0.39, 0.29) is 28.6 Å². The molecule has 2 aromatic carbocycles. The molecule has 0 radical (unpaired) electrons. The van der Waals surface area contributed by atoms with Gasteiger partial charge in [-0.25, -0.2) is 17.6 Å². The van der Waals surface area contributed by atoms with E-state index in [1.54, 1.807) is 13.8 Å². The number of rotatable bonds is 8. The number of carbonyl (C=O) groups is 2. The minimum Gasteiger partial charge on any atom is -0.454 e. The van der Waals surface area contributed by atoms with Crippen molar-refractivity contribution in [3.63, 3.8) is 0 Å². The van der Waals surface area contributed by atoms with Crippen molar-refractivity contribution in [3.05, 3.63) is 63.4 Å². The van der Waals surface area contributed by atoms with Gasteiger partial charge in [0.15, 0.2) is 6.61 Å². The number of nitrogens with zero attached hydrogens (tertiary/aromatic N) is 1. The molecule has 0 fully saturated rings. The summed E-state index contributed by atoms with van der Waals surface area (Å²) in [5.41, 5.74) is -0.504. The first-order valence-corrected chi connectivity index (χ1v) is 10.8. The number of ether oxygens (including phenoxy) is 1. The van der Waals surface area contributed by atoms with Crippen molar-refractivity contribution in [2.45, 2.75) is 18.7 Å². The van der Waals surface area contributed by atoms with Crippen LogP contribution in [0.25, 0.3) is 0 Å². The normalized spacial score (nSPS) is 11.5. The maximum Gasteiger partial charge on any atom is 0.341 e. The summed E-state index contributed by atoms with van der Waals surface area (Å²) in [5.74, 6) is -2.75. The number of ketones is 1. The molecule has 10 heteroatoms. The Morgan fingerprint density at radius 2 is 1.69 bits per heavy atom. The van der Waals surface area contributed by atoms with Crippen molar-refractivity contribution in [2.75, 3.05) is 19.7 Å². The van der Waals surface area contributed by atoms with Gasteiger partial charge in [-0.15, -0.1) is 0 Å². The van der Waals surface area contributed by atoms with E-state index in [2.05, 4.69) is 0 Å². The van der Waals surface area contributed by atoms with Crippen LogP contribution in [0.4, 0.5) is 4.39 Å². The predicted octanol–water partition coefficient (Wildman–Crippen LogP) is 4.20. The average molecular weight is 462 g/mol. The van der Waals surface area contributed by atoms with E-state index in [9.17, 15) is 22.4 Å². The molecule has 0 N–H and O–H groups in total. The first kappa shape index (κ1) is 23.3. The quantitative estimate of drug-likeness (QED) is 0.434. The maximum atomic E-state index is 14.1. The van der Waals surface area contributed by atoms with Crippen molar-refractivity contribution in [3.8, 4) is 0 Å². The molecule has 156 valence electrons. The minimum atomic E-state index is -3.90. The third-order valence-corrected chi connectivity index (χ3v) is 6.66.